The molecule has 0 aliphatic heterocycles. The Hall–Kier alpha value is -0.160. The van der Waals surface area contributed by atoms with Gasteiger partial charge in [0.15, 0.2) is 0 Å². The Balaban J connectivity index is 3.67. The first-order valence-corrected chi connectivity index (χ1v) is 6.62. The number of nitrogens with zero attached hydrogens (tertiary/aromatic N) is 1. The lowest BCUT2D eigenvalue weighted by atomic mass is 10.1. The molecule has 17 heavy (non-hydrogen) atoms. The number of aliphatic hydroxyl groups is 1. The van der Waals surface area contributed by atoms with Gasteiger partial charge in [0.05, 0.1) is 12.7 Å². The van der Waals surface area contributed by atoms with Crippen LogP contribution in [0.2, 0.25) is 0 Å². The second-order valence-electron chi connectivity index (χ2n) is 4.39. The number of rotatable bonds is 12. The third-order valence-electron chi connectivity index (χ3n) is 2.92. The molecule has 0 aromatic rings. The summed E-state index contributed by atoms with van der Waals surface area (Å²) in [7, 11) is 3.46. The van der Waals surface area contributed by atoms with E-state index in [-0.39, 0.29) is 6.10 Å². The minimum absolute atomic E-state index is 0.141. The maximum absolute atomic E-state index is 9.50. The molecule has 0 fully saturated rings. The van der Waals surface area contributed by atoms with Crippen LogP contribution in [0, 0.1) is 0 Å². The van der Waals surface area contributed by atoms with Crippen molar-refractivity contribution in [2.24, 2.45) is 0 Å². The molecule has 104 valence electrons. The van der Waals surface area contributed by atoms with Crippen LogP contribution in [-0.4, -0.2) is 63.2 Å². The molecule has 0 spiro atoms. The predicted octanol–water partition coefficient (Wildman–Crippen LogP) is 1.52. The van der Waals surface area contributed by atoms with Gasteiger partial charge in [-0.25, -0.2) is 0 Å². The van der Waals surface area contributed by atoms with Gasteiger partial charge < -0.3 is 19.5 Å². The molecule has 1 unspecified atom stereocenters. The van der Waals surface area contributed by atoms with Crippen LogP contribution < -0.4 is 0 Å². The van der Waals surface area contributed by atoms with Crippen molar-refractivity contribution in [1.82, 2.24) is 4.90 Å². The molecule has 1 atom stereocenters. The molecule has 0 aromatic heterocycles. The zero-order valence-corrected chi connectivity index (χ0v) is 11.7. The Labute approximate surface area is 106 Å². The Bertz CT molecular complexity index is 156. The van der Waals surface area contributed by atoms with Crippen LogP contribution in [0.1, 0.15) is 32.6 Å². The van der Waals surface area contributed by atoms with Gasteiger partial charge >= 0.3 is 0 Å². The molecule has 1 N–H and O–H groups in total. The zero-order chi connectivity index (χ0) is 12.9. The molecular formula is C13H29NO3. The molecule has 0 aliphatic rings. The van der Waals surface area contributed by atoms with Crippen LogP contribution >= 0.6 is 0 Å². The summed E-state index contributed by atoms with van der Waals surface area (Å²) in [5, 5.41) is 9.50. The van der Waals surface area contributed by atoms with Crippen LogP contribution in [0.3, 0.4) is 0 Å². The Morgan fingerprint density at radius 1 is 1.00 bits per heavy atom. The van der Waals surface area contributed by atoms with Crippen molar-refractivity contribution in [2.75, 3.05) is 47.1 Å². The van der Waals surface area contributed by atoms with Crippen molar-refractivity contribution < 1.29 is 14.6 Å². The van der Waals surface area contributed by atoms with Crippen molar-refractivity contribution >= 4 is 0 Å². The Morgan fingerprint density at radius 3 is 2.24 bits per heavy atom. The van der Waals surface area contributed by atoms with Gasteiger partial charge in [-0.3, -0.25) is 0 Å². The number of ether oxygens (including phenoxy) is 2. The summed E-state index contributed by atoms with van der Waals surface area (Å²) < 4.78 is 10.2. The largest absolute Gasteiger partial charge is 0.393 e. The van der Waals surface area contributed by atoms with Gasteiger partial charge in [0, 0.05) is 33.9 Å². The molecule has 4 nitrogen and oxygen atoms in total. The van der Waals surface area contributed by atoms with Crippen LogP contribution in [0.4, 0.5) is 0 Å². The summed E-state index contributed by atoms with van der Waals surface area (Å²) in [5.41, 5.74) is 0. The first kappa shape index (κ1) is 16.8. The quantitative estimate of drug-likeness (QED) is 0.531. The van der Waals surface area contributed by atoms with Crippen molar-refractivity contribution in [3.05, 3.63) is 0 Å². The predicted molar refractivity (Wildman–Crippen MR) is 70.3 cm³/mol. The van der Waals surface area contributed by atoms with Crippen LogP contribution in [0.25, 0.3) is 0 Å². The summed E-state index contributed by atoms with van der Waals surface area (Å²) in [4.78, 5) is 2.38. The van der Waals surface area contributed by atoms with Crippen LogP contribution in [0.15, 0.2) is 0 Å². The molecule has 0 bridgehead atoms. The van der Waals surface area contributed by atoms with E-state index in [0.717, 1.165) is 58.5 Å². The van der Waals surface area contributed by atoms with Crippen LogP contribution in [0.5, 0.6) is 0 Å². The average molecular weight is 247 g/mol. The van der Waals surface area contributed by atoms with E-state index in [1.807, 2.05) is 6.92 Å². The third-order valence-corrected chi connectivity index (χ3v) is 2.92. The highest BCUT2D eigenvalue weighted by atomic mass is 16.5. The molecule has 0 heterocycles. The first-order chi connectivity index (χ1) is 8.24. The maximum Gasteiger partial charge on any atom is 0.0589 e. The van der Waals surface area contributed by atoms with Crippen molar-refractivity contribution in [1.29, 1.82) is 0 Å². The standard InChI is InChI=1S/C13H29NO3/c1-4-13(15)7-5-8-14(10-12-17-3)9-6-11-16-2/h13,15H,4-12H2,1-3H3. The van der Waals surface area contributed by atoms with Gasteiger partial charge in [-0.15, -0.1) is 0 Å². The number of hydrogen-bond donors (Lipinski definition) is 1. The number of methoxy groups -OCH3 is 2. The fraction of sp³-hybridized carbons (Fsp3) is 1.00. The number of hydrogen-bond acceptors (Lipinski definition) is 4. The SMILES string of the molecule is CCC(O)CCCN(CCCOC)CCOC. The lowest BCUT2D eigenvalue weighted by Gasteiger charge is -2.22. The van der Waals surface area contributed by atoms with Gasteiger partial charge in [-0.2, -0.15) is 0 Å². The highest BCUT2D eigenvalue weighted by molar-refractivity contribution is 4.60. The van der Waals surface area contributed by atoms with Crippen molar-refractivity contribution in [3.8, 4) is 0 Å². The van der Waals surface area contributed by atoms with Crippen molar-refractivity contribution in [3.63, 3.8) is 0 Å². The van der Waals surface area contributed by atoms with E-state index < -0.39 is 0 Å². The van der Waals surface area contributed by atoms with Crippen LogP contribution in [-0.2, 0) is 9.47 Å². The molecule has 0 rings (SSSR count). The molecule has 4 heteroatoms. The van der Waals surface area contributed by atoms with E-state index in [1.54, 1.807) is 14.2 Å². The molecule has 0 aromatic carbocycles. The molecule has 0 radical (unpaired) electrons. The normalized spacial score (nSPS) is 13.2. The van der Waals surface area contributed by atoms with E-state index >= 15 is 0 Å². The van der Waals surface area contributed by atoms with E-state index in [0.29, 0.717) is 0 Å². The lowest BCUT2D eigenvalue weighted by Crippen LogP contribution is -2.30. The topological polar surface area (TPSA) is 41.9 Å². The van der Waals surface area contributed by atoms with Gasteiger partial charge in [-0.05, 0) is 32.2 Å². The summed E-state index contributed by atoms with van der Waals surface area (Å²) in [5.74, 6) is 0. The summed E-state index contributed by atoms with van der Waals surface area (Å²) >= 11 is 0. The smallest absolute Gasteiger partial charge is 0.0589 e. The Morgan fingerprint density at radius 2 is 1.65 bits per heavy atom. The first-order valence-electron chi connectivity index (χ1n) is 6.62. The minimum Gasteiger partial charge on any atom is -0.393 e. The second-order valence-corrected chi connectivity index (χ2v) is 4.39. The summed E-state index contributed by atoms with van der Waals surface area (Å²) in [6.07, 6.45) is 3.70. The lowest BCUT2D eigenvalue weighted by molar-refractivity contribution is 0.121. The fourth-order valence-electron chi connectivity index (χ4n) is 1.74. The summed E-state index contributed by atoms with van der Waals surface area (Å²) in [6.45, 7) is 6.63. The Kier molecular flexibility index (Phi) is 12.2. The monoisotopic (exact) mass is 247 g/mol. The van der Waals surface area contributed by atoms with Gasteiger partial charge in [0.1, 0.15) is 0 Å². The van der Waals surface area contributed by atoms with E-state index in [4.69, 9.17) is 9.47 Å². The second kappa shape index (κ2) is 12.3. The van der Waals surface area contributed by atoms with Gasteiger partial charge in [0.2, 0.25) is 0 Å². The van der Waals surface area contributed by atoms with Gasteiger partial charge in [-0.1, -0.05) is 6.92 Å². The summed E-state index contributed by atoms with van der Waals surface area (Å²) in [6, 6.07) is 0. The maximum atomic E-state index is 9.50. The molecule has 0 saturated carbocycles. The fourth-order valence-corrected chi connectivity index (χ4v) is 1.74. The molecule has 0 amide bonds. The van der Waals surface area contributed by atoms with E-state index in [2.05, 4.69) is 4.90 Å². The highest BCUT2D eigenvalue weighted by Crippen LogP contribution is 2.03. The van der Waals surface area contributed by atoms with E-state index in [9.17, 15) is 5.11 Å². The molecule has 0 aliphatic carbocycles. The van der Waals surface area contributed by atoms with E-state index in [1.165, 1.54) is 0 Å². The third kappa shape index (κ3) is 10.7. The number of aliphatic hydroxyl groups excluding tert-OH is 1. The highest BCUT2D eigenvalue weighted by Gasteiger charge is 2.06. The van der Waals surface area contributed by atoms with Crippen molar-refractivity contribution in [2.45, 2.75) is 38.7 Å². The molecule has 0 saturated heterocycles. The zero-order valence-electron chi connectivity index (χ0n) is 11.7. The average Bonchev–Trinajstić information content (AvgIpc) is 2.35. The van der Waals surface area contributed by atoms with Gasteiger partial charge in [0.25, 0.3) is 0 Å². The minimum atomic E-state index is -0.141. The molecular weight excluding hydrogens is 218 g/mol.